The summed E-state index contributed by atoms with van der Waals surface area (Å²) in [5.41, 5.74) is 2.75. The van der Waals surface area contributed by atoms with Crippen LogP contribution in [0.15, 0.2) is 60.7 Å². The molecule has 1 heteroatoms. The number of ether oxygens (including phenoxy) is 1. The lowest BCUT2D eigenvalue weighted by Crippen LogP contribution is -2.26. The molecule has 2 atom stereocenters. The zero-order chi connectivity index (χ0) is 16.3. The van der Waals surface area contributed by atoms with Gasteiger partial charge in [-0.1, -0.05) is 87.4 Å². The second-order valence-corrected chi connectivity index (χ2v) is 6.34. The first kappa shape index (κ1) is 17.7. The maximum absolute atomic E-state index is 6.54. The summed E-state index contributed by atoms with van der Waals surface area (Å²) >= 11 is 0. The van der Waals surface area contributed by atoms with E-state index in [1.165, 1.54) is 24.0 Å². The van der Waals surface area contributed by atoms with Crippen LogP contribution in [0.25, 0.3) is 0 Å². The molecule has 0 radical (unpaired) electrons. The molecule has 0 aliphatic heterocycles. The molecule has 0 aliphatic carbocycles. The smallest absolute Gasteiger partial charge is 0.0619 e. The summed E-state index contributed by atoms with van der Waals surface area (Å²) in [6.07, 6.45) is 7.27. The molecular formula is C22H30O. The molecule has 1 nitrogen and oxygen atoms in total. The molecule has 0 spiro atoms. The Morgan fingerprint density at radius 2 is 1.04 bits per heavy atom. The highest BCUT2D eigenvalue weighted by molar-refractivity contribution is 5.16. The second-order valence-electron chi connectivity index (χ2n) is 6.34. The summed E-state index contributed by atoms with van der Waals surface area (Å²) in [7, 11) is 0. The van der Waals surface area contributed by atoms with Crippen LogP contribution in [0.2, 0.25) is 0 Å². The maximum atomic E-state index is 6.54. The van der Waals surface area contributed by atoms with E-state index in [1.807, 2.05) is 0 Å². The van der Waals surface area contributed by atoms with E-state index < -0.39 is 0 Å². The van der Waals surface area contributed by atoms with E-state index in [-0.39, 0.29) is 0 Å². The molecule has 23 heavy (non-hydrogen) atoms. The number of hydrogen-bond donors (Lipinski definition) is 0. The number of hydrogen-bond acceptors (Lipinski definition) is 1. The Morgan fingerprint density at radius 1 is 0.652 bits per heavy atom. The van der Waals surface area contributed by atoms with Crippen molar-refractivity contribution in [3.63, 3.8) is 0 Å². The fourth-order valence-corrected chi connectivity index (χ4v) is 3.11. The Bertz CT molecular complexity index is 471. The van der Waals surface area contributed by atoms with Crippen molar-refractivity contribution in [1.82, 2.24) is 0 Å². The van der Waals surface area contributed by atoms with Crippen LogP contribution in [0.4, 0.5) is 0 Å². The zero-order valence-electron chi connectivity index (χ0n) is 14.6. The predicted octanol–water partition coefficient (Wildman–Crippen LogP) is 5.83. The molecule has 0 bridgehead atoms. The van der Waals surface area contributed by atoms with Crippen LogP contribution in [0.5, 0.6) is 0 Å². The molecule has 0 saturated heterocycles. The van der Waals surface area contributed by atoms with E-state index in [9.17, 15) is 0 Å². The fraction of sp³-hybridized carbons (Fsp3) is 0.455. The lowest BCUT2D eigenvalue weighted by molar-refractivity contribution is -0.0200. The summed E-state index contributed by atoms with van der Waals surface area (Å²) in [5.74, 6) is 0. The van der Waals surface area contributed by atoms with Gasteiger partial charge in [-0.2, -0.15) is 0 Å². The van der Waals surface area contributed by atoms with Gasteiger partial charge in [0.1, 0.15) is 0 Å². The van der Waals surface area contributed by atoms with Gasteiger partial charge >= 0.3 is 0 Å². The molecule has 0 aliphatic rings. The third-order valence-corrected chi connectivity index (χ3v) is 4.22. The fourth-order valence-electron chi connectivity index (χ4n) is 3.11. The van der Waals surface area contributed by atoms with Gasteiger partial charge in [0.2, 0.25) is 0 Å². The van der Waals surface area contributed by atoms with Crippen molar-refractivity contribution in [3.05, 3.63) is 71.8 Å². The first-order chi connectivity index (χ1) is 11.3. The average Bonchev–Trinajstić information content (AvgIpc) is 2.57. The quantitative estimate of drug-likeness (QED) is 0.537. The van der Waals surface area contributed by atoms with Gasteiger partial charge in [0.15, 0.2) is 0 Å². The van der Waals surface area contributed by atoms with E-state index in [2.05, 4.69) is 74.5 Å². The van der Waals surface area contributed by atoms with E-state index in [4.69, 9.17) is 4.74 Å². The van der Waals surface area contributed by atoms with Gasteiger partial charge in [-0.15, -0.1) is 0 Å². The first-order valence-electron chi connectivity index (χ1n) is 9.05. The van der Waals surface area contributed by atoms with Crippen LogP contribution in [-0.4, -0.2) is 12.2 Å². The minimum atomic E-state index is 0.322. The molecule has 2 rings (SSSR count). The minimum Gasteiger partial charge on any atom is -0.374 e. The predicted molar refractivity (Wildman–Crippen MR) is 98.8 cm³/mol. The molecule has 2 aromatic rings. The lowest BCUT2D eigenvalue weighted by Gasteiger charge is -2.25. The van der Waals surface area contributed by atoms with Crippen molar-refractivity contribution < 1.29 is 4.74 Å². The molecule has 0 fully saturated rings. The first-order valence-corrected chi connectivity index (χ1v) is 9.05. The highest BCUT2D eigenvalue weighted by Gasteiger charge is 2.17. The van der Waals surface area contributed by atoms with Gasteiger partial charge in [0.25, 0.3) is 0 Å². The topological polar surface area (TPSA) is 9.23 Å². The van der Waals surface area contributed by atoms with E-state index in [0.29, 0.717) is 12.2 Å². The monoisotopic (exact) mass is 310 g/mol. The van der Waals surface area contributed by atoms with Crippen LogP contribution >= 0.6 is 0 Å². The van der Waals surface area contributed by atoms with Crippen molar-refractivity contribution in [3.8, 4) is 0 Å². The normalized spacial score (nSPS) is 13.7. The third kappa shape index (κ3) is 6.58. The average molecular weight is 310 g/mol. The summed E-state index contributed by atoms with van der Waals surface area (Å²) in [6.45, 7) is 4.49. The molecule has 0 aromatic heterocycles. The van der Waals surface area contributed by atoms with Gasteiger partial charge in [0.05, 0.1) is 12.2 Å². The van der Waals surface area contributed by atoms with Crippen LogP contribution in [-0.2, 0) is 17.6 Å². The second kappa shape index (κ2) is 10.2. The van der Waals surface area contributed by atoms with Gasteiger partial charge < -0.3 is 4.74 Å². The zero-order valence-corrected chi connectivity index (χ0v) is 14.6. The lowest BCUT2D eigenvalue weighted by atomic mass is 10.0. The highest BCUT2D eigenvalue weighted by Crippen LogP contribution is 2.18. The Kier molecular flexibility index (Phi) is 7.89. The molecule has 124 valence electrons. The summed E-state index contributed by atoms with van der Waals surface area (Å²) in [5, 5.41) is 0. The largest absolute Gasteiger partial charge is 0.374 e. The molecular weight excluding hydrogens is 280 g/mol. The van der Waals surface area contributed by atoms with Crippen LogP contribution in [0.3, 0.4) is 0 Å². The van der Waals surface area contributed by atoms with Crippen molar-refractivity contribution in [2.75, 3.05) is 0 Å². The summed E-state index contributed by atoms with van der Waals surface area (Å²) in [4.78, 5) is 0. The Balaban J connectivity index is 1.98. The Morgan fingerprint density at radius 3 is 1.39 bits per heavy atom. The van der Waals surface area contributed by atoms with Gasteiger partial charge in [0, 0.05) is 0 Å². The van der Waals surface area contributed by atoms with Gasteiger partial charge in [-0.3, -0.25) is 0 Å². The van der Waals surface area contributed by atoms with Crippen molar-refractivity contribution in [2.45, 2.75) is 64.6 Å². The molecule has 0 amide bonds. The van der Waals surface area contributed by atoms with Crippen LogP contribution in [0, 0.1) is 0 Å². The number of rotatable bonds is 10. The molecule has 0 heterocycles. The van der Waals surface area contributed by atoms with E-state index in [0.717, 1.165) is 25.7 Å². The van der Waals surface area contributed by atoms with Crippen molar-refractivity contribution >= 4 is 0 Å². The summed E-state index contributed by atoms with van der Waals surface area (Å²) < 4.78 is 6.54. The van der Waals surface area contributed by atoms with E-state index in [1.54, 1.807) is 0 Å². The Hall–Kier alpha value is -1.60. The van der Waals surface area contributed by atoms with Crippen molar-refractivity contribution in [1.29, 1.82) is 0 Å². The third-order valence-electron chi connectivity index (χ3n) is 4.22. The van der Waals surface area contributed by atoms with Crippen LogP contribution in [0.1, 0.15) is 50.7 Å². The van der Waals surface area contributed by atoms with Crippen molar-refractivity contribution in [2.24, 2.45) is 0 Å². The molecule has 2 unspecified atom stereocenters. The van der Waals surface area contributed by atoms with E-state index >= 15 is 0 Å². The number of benzene rings is 2. The molecule has 0 N–H and O–H groups in total. The SMILES string of the molecule is CCCC(Cc1ccccc1)OC(CCC)Cc1ccccc1. The van der Waals surface area contributed by atoms with Gasteiger partial charge in [-0.25, -0.2) is 0 Å². The Labute approximate surface area is 141 Å². The minimum absolute atomic E-state index is 0.322. The summed E-state index contributed by atoms with van der Waals surface area (Å²) in [6, 6.07) is 21.4. The molecule has 0 saturated carbocycles. The maximum Gasteiger partial charge on any atom is 0.0619 e. The molecule has 2 aromatic carbocycles. The standard InChI is InChI=1S/C22H30O/c1-3-11-21(17-19-13-7-5-8-14-19)23-22(12-4-2)18-20-15-9-6-10-16-20/h5-10,13-16,21-22H,3-4,11-12,17-18H2,1-2H3. The highest BCUT2D eigenvalue weighted by atomic mass is 16.5. The van der Waals surface area contributed by atoms with Gasteiger partial charge in [-0.05, 0) is 36.8 Å². The van der Waals surface area contributed by atoms with Crippen LogP contribution < -0.4 is 0 Å².